The number of methoxy groups -OCH3 is 1. The Morgan fingerprint density at radius 2 is 1.94 bits per heavy atom. The zero-order valence-corrected chi connectivity index (χ0v) is 17.4. The number of halogens is 4. The first-order valence-electron chi connectivity index (χ1n) is 10.3. The molecular weight excluding hydrogens is 428 g/mol. The molecule has 170 valence electrons. The fourth-order valence-electron chi connectivity index (χ4n) is 3.99. The SMILES string of the molecule is COc1ccc2c(c1NC(=O)Cc1ccc(C(F)(F)F)c(F)c1)CCN(C(=O)C1CC1)C2. The molecule has 0 aromatic heterocycles. The quantitative estimate of drug-likeness (QED) is 0.690. The highest BCUT2D eigenvalue weighted by Crippen LogP contribution is 2.37. The van der Waals surface area contributed by atoms with Gasteiger partial charge in [-0.3, -0.25) is 9.59 Å². The number of nitrogens with one attached hydrogen (secondary N) is 1. The summed E-state index contributed by atoms with van der Waals surface area (Å²) in [5.41, 5.74) is 0.989. The number of amides is 2. The number of carbonyl (C=O) groups excluding carboxylic acids is 2. The first-order chi connectivity index (χ1) is 15.2. The molecule has 2 aliphatic rings. The molecule has 1 aliphatic heterocycles. The van der Waals surface area contributed by atoms with Crippen molar-refractivity contribution < 1.29 is 31.9 Å². The molecule has 1 aliphatic carbocycles. The number of anilines is 1. The fourth-order valence-corrected chi connectivity index (χ4v) is 3.99. The van der Waals surface area contributed by atoms with Crippen LogP contribution < -0.4 is 10.1 Å². The lowest BCUT2D eigenvalue weighted by Crippen LogP contribution is -2.37. The van der Waals surface area contributed by atoms with E-state index >= 15 is 0 Å². The zero-order chi connectivity index (χ0) is 23.0. The second-order valence-electron chi connectivity index (χ2n) is 8.10. The molecule has 0 atom stereocenters. The van der Waals surface area contributed by atoms with Crippen LogP contribution in [0.5, 0.6) is 5.75 Å². The molecule has 32 heavy (non-hydrogen) atoms. The molecule has 1 fully saturated rings. The van der Waals surface area contributed by atoms with Gasteiger partial charge < -0.3 is 15.0 Å². The number of nitrogens with zero attached hydrogens (tertiary/aromatic N) is 1. The monoisotopic (exact) mass is 450 g/mol. The molecule has 0 spiro atoms. The minimum atomic E-state index is -4.80. The van der Waals surface area contributed by atoms with Gasteiger partial charge in [-0.2, -0.15) is 13.2 Å². The summed E-state index contributed by atoms with van der Waals surface area (Å²) in [6, 6.07) is 6.01. The van der Waals surface area contributed by atoms with Crippen molar-refractivity contribution in [2.24, 2.45) is 5.92 Å². The lowest BCUT2D eigenvalue weighted by molar-refractivity contribution is -0.140. The summed E-state index contributed by atoms with van der Waals surface area (Å²) in [5, 5.41) is 2.77. The van der Waals surface area contributed by atoms with E-state index < -0.39 is 23.5 Å². The average Bonchev–Trinajstić information content (AvgIpc) is 3.57. The van der Waals surface area contributed by atoms with Crippen molar-refractivity contribution in [1.82, 2.24) is 4.90 Å². The van der Waals surface area contributed by atoms with Crippen LogP contribution in [0.15, 0.2) is 30.3 Å². The van der Waals surface area contributed by atoms with Crippen LogP contribution in [0.2, 0.25) is 0 Å². The van der Waals surface area contributed by atoms with E-state index in [0.29, 0.717) is 37.0 Å². The number of fused-ring (bicyclic) bond motifs is 1. The lowest BCUT2D eigenvalue weighted by atomic mass is 9.96. The maximum atomic E-state index is 13.8. The third kappa shape index (κ3) is 4.56. The molecule has 0 bridgehead atoms. The summed E-state index contributed by atoms with van der Waals surface area (Å²) < 4.78 is 57.4. The number of carbonyl (C=O) groups is 2. The standard InChI is InChI=1S/C23H22F4N2O3/c1-32-19-7-5-15-12-29(22(31)14-3-4-14)9-8-16(15)21(19)28-20(30)11-13-2-6-17(18(24)10-13)23(25,26)27/h2,5-7,10,14H,3-4,8-9,11-12H2,1H3,(H,28,30). The molecule has 1 heterocycles. The second-order valence-corrected chi connectivity index (χ2v) is 8.10. The van der Waals surface area contributed by atoms with Gasteiger partial charge in [0, 0.05) is 19.0 Å². The van der Waals surface area contributed by atoms with Crippen molar-refractivity contribution in [3.8, 4) is 5.75 Å². The summed E-state index contributed by atoms with van der Waals surface area (Å²) in [7, 11) is 1.47. The van der Waals surface area contributed by atoms with E-state index in [1.165, 1.54) is 7.11 Å². The fraction of sp³-hybridized carbons (Fsp3) is 0.391. The third-order valence-electron chi connectivity index (χ3n) is 5.79. The van der Waals surface area contributed by atoms with Gasteiger partial charge in [-0.1, -0.05) is 12.1 Å². The van der Waals surface area contributed by atoms with E-state index in [-0.39, 0.29) is 23.8 Å². The zero-order valence-electron chi connectivity index (χ0n) is 17.4. The molecule has 2 aromatic rings. The van der Waals surface area contributed by atoms with Gasteiger partial charge in [0.25, 0.3) is 0 Å². The highest BCUT2D eigenvalue weighted by atomic mass is 19.4. The molecule has 1 N–H and O–H groups in total. The molecular formula is C23H22F4N2O3. The normalized spacial score (nSPS) is 15.8. The van der Waals surface area contributed by atoms with Crippen molar-refractivity contribution in [1.29, 1.82) is 0 Å². The number of hydrogen-bond donors (Lipinski definition) is 1. The smallest absolute Gasteiger partial charge is 0.419 e. The molecule has 0 radical (unpaired) electrons. The van der Waals surface area contributed by atoms with Crippen LogP contribution in [-0.2, 0) is 35.2 Å². The topological polar surface area (TPSA) is 58.6 Å². The van der Waals surface area contributed by atoms with Crippen LogP contribution in [0.1, 0.15) is 35.1 Å². The van der Waals surface area contributed by atoms with E-state index in [2.05, 4.69) is 5.32 Å². The Morgan fingerprint density at radius 3 is 2.56 bits per heavy atom. The molecule has 9 heteroatoms. The number of rotatable bonds is 5. The largest absolute Gasteiger partial charge is 0.495 e. The highest BCUT2D eigenvalue weighted by molar-refractivity contribution is 5.95. The van der Waals surface area contributed by atoms with Crippen LogP contribution in [-0.4, -0.2) is 30.4 Å². The molecule has 0 saturated heterocycles. The Hall–Kier alpha value is -3.10. The van der Waals surface area contributed by atoms with Gasteiger partial charge in [0.15, 0.2) is 0 Å². The molecule has 4 rings (SSSR count). The van der Waals surface area contributed by atoms with E-state index in [0.717, 1.165) is 36.1 Å². The van der Waals surface area contributed by atoms with Crippen molar-refractivity contribution >= 4 is 17.5 Å². The number of benzene rings is 2. The average molecular weight is 450 g/mol. The van der Waals surface area contributed by atoms with Gasteiger partial charge >= 0.3 is 6.18 Å². The van der Waals surface area contributed by atoms with E-state index in [9.17, 15) is 27.2 Å². The predicted molar refractivity (Wildman–Crippen MR) is 109 cm³/mol. The Labute approximate surface area is 182 Å². The van der Waals surface area contributed by atoms with Gasteiger partial charge in [0.05, 0.1) is 24.8 Å². The van der Waals surface area contributed by atoms with Crippen LogP contribution in [0.25, 0.3) is 0 Å². The van der Waals surface area contributed by atoms with Gasteiger partial charge in [-0.15, -0.1) is 0 Å². The van der Waals surface area contributed by atoms with Gasteiger partial charge in [0.2, 0.25) is 11.8 Å². The second kappa shape index (κ2) is 8.44. The number of hydrogen-bond acceptors (Lipinski definition) is 3. The van der Waals surface area contributed by atoms with Crippen molar-refractivity contribution in [3.05, 3.63) is 58.4 Å². The first kappa shape index (κ1) is 22.1. The number of alkyl halides is 3. The number of ether oxygens (including phenoxy) is 1. The maximum absolute atomic E-state index is 13.8. The van der Waals surface area contributed by atoms with Gasteiger partial charge in [-0.25, -0.2) is 4.39 Å². The van der Waals surface area contributed by atoms with Crippen LogP contribution >= 0.6 is 0 Å². The van der Waals surface area contributed by atoms with Crippen molar-refractivity contribution in [2.75, 3.05) is 19.0 Å². The Balaban J connectivity index is 1.51. The molecule has 5 nitrogen and oxygen atoms in total. The van der Waals surface area contributed by atoms with Crippen LogP contribution in [0, 0.1) is 11.7 Å². The van der Waals surface area contributed by atoms with Crippen LogP contribution in [0.3, 0.4) is 0 Å². The van der Waals surface area contributed by atoms with E-state index in [1.807, 2.05) is 11.0 Å². The first-order valence-corrected chi connectivity index (χ1v) is 10.3. The molecule has 1 saturated carbocycles. The molecule has 2 amide bonds. The van der Waals surface area contributed by atoms with E-state index in [4.69, 9.17) is 4.74 Å². The van der Waals surface area contributed by atoms with Crippen molar-refractivity contribution in [2.45, 2.75) is 38.4 Å². The summed E-state index contributed by atoms with van der Waals surface area (Å²) in [6.07, 6.45) is -2.70. The Morgan fingerprint density at radius 1 is 1.19 bits per heavy atom. The minimum Gasteiger partial charge on any atom is -0.495 e. The van der Waals surface area contributed by atoms with Crippen molar-refractivity contribution in [3.63, 3.8) is 0 Å². The predicted octanol–water partition coefficient (Wildman–Crippen LogP) is 4.33. The highest BCUT2D eigenvalue weighted by Gasteiger charge is 2.36. The van der Waals surface area contributed by atoms with Crippen LogP contribution in [0.4, 0.5) is 23.2 Å². The third-order valence-corrected chi connectivity index (χ3v) is 5.79. The minimum absolute atomic E-state index is 0.123. The van der Waals surface area contributed by atoms with Gasteiger partial charge in [-0.05, 0) is 54.2 Å². The van der Waals surface area contributed by atoms with E-state index in [1.54, 1.807) is 6.07 Å². The summed E-state index contributed by atoms with van der Waals surface area (Å²) >= 11 is 0. The van der Waals surface area contributed by atoms with Gasteiger partial charge in [0.1, 0.15) is 11.6 Å². The lowest BCUT2D eigenvalue weighted by Gasteiger charge is -2.31. The Bertz CT molecular complexity index is 1060. The summed E-state index contributed by atoms with van der Waals surface area (Å²) in [5.74, 6) is -1.21. The molecule has 2 aromatic carbocycles. The summed E-state index contributed by atoms with van der Waals surface area (Å²) in [4.78, 5) is 26.8. The maximum Gasteiger partial charge on any atom is 0.419 e. The summed E-state index contributed by atoms with van der Waals surface area (Å²) in [6.45, 7) is 0.976. The molecule has 0 unspecified atom stereocenters. The Kier molecular flexibility index (Phi) is 5.83.